The molecule has 0 amide bonds. The molecule has 16 heavy (non-hydrogen) atoms. The Morgan fingerprint density at radius 1 is 0.688 bits per heavy atom. The van der Waals surface area contributed by atoms with Gasteiger partial charge in [-0.2, -0.15) is 0 Å². The van der Waals surface area contributed by atoms with Gasteiger partial charge in [-0.1, -0.05) is 13.8 Å². The maximum Gasteiger partial charge on any atom is 0.0220 e. The van der Waals surface area contributed by atoms with Crippen LogP contribution in [0.5, 0.6) is 0 Å². The average Bonchev–Trinajstić information content (AvgIpc) is 2.19. The summed E-state index contributed by atoms with van der Waals surface area (Å²) in [5.74, 6) is 1.84. The van der Waals surface area contributed by atoms with Crippen LogP contribution in [0.25, 0.3) is 0 Å². The molecule has 4 atom stereocenters. The second-order valence-electron chi connectivity index (χ2n) is 6.28. The fraction of sp³-hybridized carbons (Fsp3) is 1.00. The molecule has 2 heteroatoms. The van der Waals surface area contributed by atoms with E-state index >= 15 is 0 Å². The van der Waals surface area contributed by atoms with E-state index < -0.39 is 0 Å². The molecule has 0 saturated carbocycles. The van der Waals surface area contributed by atoms with E-state index in [-0.39, 0.29) is 0 Å². The molecule has 2 saturated heterocycles. The fourth-order valence-electron chi connectivity index (χ4n) is 3.55. The summed E-state index contributed by atoms with van der Waals surface area (Å²) in [5, 5.41) is 5.33. The molecule has 2 heterocycles. The smallest absolute Gasteiger partial charge is 0.0220 e. The first kappa shape index (κ1) is 12.4. The largest absolute Gasteiger partial charge is 0.239 e. The molecular formula is C14H28N2. The van der Waals surface area contributed by atoms with Crippen molar-refractivity contribution in [3.05, 3.63) is 0 Å². The van der Waals surface area contributed by atoms with Crippen molar-refractivity contribution >= 4 is 0 Å². The normalized spacial score (nSPS) is 43.5. The van der Waals surface area contributed by atoms with E-state index in [0.717, 1.165) is 23.9 Å². The van der Waals surface area contributed by atoms with Gasteiger partial charge in [0.25, 0.3) is 0 Å². The highest BCUT2D eigenvalue weighted by atomic mass is 15.6. The number of piperidine rings is 2. The number of hydrogen-bond acceptors (Lipinski definition) is 2. The monoisotopic (exact) mass is 224 g/mol. The van der Waals surface area contributed by atoms with Gasteiger partial charge < -0.3 is 0 Å². The third-order valence-electron chi connectivity index (χ3n) is 4.54. The van der Waals surface area contributed by atoms with Gasteiger partial charge in [0.2, 0.25) is 0 Å². The van der Waals surface area contributed by atoms with E-state index in [0.29, 0.717) is 0 Å². The third kappa shape index (κ3) is 2.60. The Morgan fingerprint density at radius 3 is 1.38 bits per heavy atom. The number of nitrogens with zero attached hydrogens (tertiary/aromatic N) is 2. The van der Waals surface area contributed by atoms with Gasteiger partial charge in [0.05, 0.1) is 0 Å². The van der Waals surface area contributed by atoms with Crippen LogP contribution in [0.2, 0.25) is 0 Å². The standard InChI is InChI=1S/C14H28N2/c1-11-5-7-15(13(3)9-11)16-8-6-12(2)10-14(16)4/h11-14H,5-10H2,1-4H3/t11-,12-,13-,14-/m1/s1. The maximum atomic E-state index is 2.66. The van der Waals surface area contributed by atoms with E-state index in [1.807, 2.05) is 0 Å². The lowest BCUT2D eigenvalue weighted by molar-refractivity contribution is -0.124. The molecule has 0 spiro atoms. The molecule has 0 aromatic heterocycles. The molecule has 2 aliphatic rings. The van der Waals surface area contributed by atoms with Crippen LogP contribution in [0.1, 0.15) is 53.4 Å². The van der Waals surface area contributed by atoms with E-state index in [1.165, 1.54) is 38.8 Å². The van der Waals surface area contributed by atoms with Crippen molar-refractivity contribution in [1.29, 1.82) is 0 Å². The summed E-state index contributed by atoms with van der Waals surface area (Å²) in [7, 11) is 0. The molecule has 94 valence electrons. The summed E-state index contributed by atoms with van der Waals surface area (Å²) < 4.78 is 0. The Morgan fingerprint density at radius 2 is 1.06 bits per heavy atom. The van der Waals surface area contributed by atoms with Crippen LogP contribution in [0.4, 0.5) is 0 Å². The van der Waals surface area contributed by atoms with E-state index in [4.69, 9.17) is 0 Å². The molecule has 0 unspecified atom stereocenters. The van der Waals surface area contributed by atoms with Crippen LogP contribution < -0.4 is 0 Å². The molecule has 0 N–H and O–H groups in total. The minimum atomic E-state index is 0.750. The van der Waals surface area contributed by atoms with Crippen LogP contribution in [0.3, 0.4) is 0 Å². The highest BCUT2D eigenvalue weighted by Crippen LogP contribution is 2.29. The van der Waals surface area contributed by atoms with E-state index in [1.54, 1.807) is 0 Å². The molecule has 2 nitrogen and oxygen atoms in total. The summed E-state index contributed by atoms with van der Waals surface area (Å²) in [5.41, 5.74) is 0. The van der Waals surface area contributed by atoms with Crippen LogP contribution in [-0.4, -0.2) is 35.2 Å². The zero-order chi connectivity index (χ0) is 11.7. The van der Waals surface area contributed by atoms with Gasteiger partial charge in [-0.3, -0.25) is 0 Å². The molecule has 2 aliphatic heterocycles. The van der Waals surface area contributed by atoms with Crippen LogP contribution in [0.15, 0.2) is 0 Å². The quantitative estimate of drug-likeness (QED) is 0.675. The minimum Gasteiger partial charge on any atom is -0.239 e. The maximum absolute atomic E-state index is 2.66. The van der Waals surface area contributed by atoms with Crippen molar-refractivity contribution in [2.75, 3.05) is 13.1 Å². The molecule has 0 aromatic rings. The molecule has 0 aromatic carbocycles. The Kier molecular flexibility index (Phi) is 3.91. The Bertz CT molecular complexity index is 205. The molecular weight excluding hydrogens is 196 g/mol. The van der Waals surface area contributed by atoms with Gasteiger partial charge >= 0.3 is 0 Å². The second kappa shape index (κ2) is 5.05. The Labute approximate surface area is 101 Å². The van der Waals surface area contributed by atoms with Crippen molar-refractivity contribution in [2.45, 2.75) is 65.5 Å². The van der Waals surface area contributed by atoms with Crippen molar-refractivity contribution in [3.63, 3.8) is 0 Å². The molecule has 0 radical (unpaired) electrons. The summed E-state index contributed by atoms with van der Waals surface area (Å²) in [4.78, 5) is 0. The minimum absolute atomic E-state index is 0.750. The van der Waals surface area contributed by atoms with Crippen molar-refractivity contribution in [2.24, 2.45) is 11.8 Å². The first-order valence-corrected chi connectivity index (χ1v) is 7.11. The predicted molar refractivity (Wildman–Crippen MR) is 69.1 cm³/mol. The van der Waals surface area contributed by atoms with Crippen LogP contribution >= 0.6 is 0 Å². The number of hydrogen-bond donors (Lipinski definition) is 0. The zero-order valence-electron chi connectivity index (χ0n) is 11.4. The Balaban J connectivity index is 1.96. The number of hydrazine groups is 1. The molecule has 0 aliphatic carbocycles. The van der Waals surface area contributed by atoms with Gasteiger partial charge in [-0.05, 0) is 51.4 Å². The topological polar surface area (TPSA) is 6.48 Å². The summed E-state index contributed by atoms with van der Waals surface area (Å²) in [6, 6.07) is 1.50. The summed E-state index contributed by atoms with van der Waals surface area (Å²) >= 11 is 0. The number of rotatable bonds is 1. The van der Waals surface area contributed by atoms with Gasteiger partial charge in [-0.25, -0.2) is 10.0 Å². The highest BCUT2D eigenvalue weighted by molar-refractivity contribution is 4.81. The highest BCUT2D eigenvalue weighted by Gasteiger charge is 2.32. The first-order valence-electron chi connectivity index (χ1n) is 7.11. The molecule has 2 rings (SSSR count). The van der Waals surface area contributed by atoms with Crippen molar-refractivity contribution in [3.8, 4) is 0 Å². The van der Waals surface area contributed by atoms with Crippen molar-refractivity contribution in [1.82, 2.24) is 10.0 Å². The molecule has 2 fully saturated rings. The lowest BCUT2D eigenvalue weighted by Crippen LogP contribution is -2.56. The van der Waals surface area contributed by atoms with E-state index in [2.05, 4.69) is 37.7 Å². The van der Waals surface area contributed by atoms with Gasteiger partial charge in [0.1, 0.15) is 0 Å². The van der Waals surface area contributed by atoms with E-state index in [9.17, 15) is 0 Å². The second-order valence-corrected chi connectivity index (χ2v) is 6.28. The third-order valence-corrected chi connectivity index (χ3v) is 4.54. The average molecular weight is 224 g/mol. The zero-order valence-corrected chi connectivity index (χ0v) is 11.4. The fourth-order valence-corrected chi connectivity index (χ4v) is 3.55. The van der Waals surface area contributed by atoms with Gasteiger partial charge in [0, 0.05) is 25.2 Å². The van der Waals surface area contributed by atoms with Gasteiger partial charge in [-0.15, -0.1) is 0 Å². The first-order chi connectivity index (χ1) is 7.58. The SMILES string of the molecule is C[C@@H]1CCN(N2CC[C@@H](C)C[C@H]2C)[C@H](C)C1. The lowest BCUT2D eigenvalue weighted by Gasteiger charge is -2.49. The van der Waals surface area contributed by atoms with Gasteiger partial charge in [0.15, 0.2) is 0 Å². The molecule has 0 bridgehead atoms. The van der Waals surface area contributed by atoms with Crippen molar-refractivity contribution < 1.29 is 0 Å². The summed E-state index contributed by atoms with van der Waals surface area (Å²) in [6.45, 7) is 12.2. The predicted octanol–water partition coefficient (Wildman–Crippen LogP) is 3.14. The summed E-state index contributed by atoms with van der Waals surface area (Å²) in [6.07, 6.45) is 5.50. The lowest BCUT2D eigenvalue weighted by atomic mass is 9.92. The van der Waals surface area contributed by atoms with Crippen LogP contribution in [-0.2, 0) is 0 Å². The Hall–Kier alpha value is -0.0800. The van der Waals surface area contributed by atoms with Crippen LogP contribution in [0, 0.1) is 11.8 Å².